The Balaban J connectivity index is 1.55. The molecule has 1 N–H and O–H groups in total. The second-order valence-corrected chi connectivity index (χ2v) is 5.56. The van der Waals surface area contributed by atoms with Crippen molar-refractivity contribution in [1.29, 1.82) is 0 Å². The highest BCUT2D eigenvalue weighted by Gasteiger charge is 2.20. The number of fused-ring (bicyclic) bond motifs is 1. The highest BCUT2D eigenvalue weighted by Crippen LogP contribution is 2.19. The molecule has 0 bridgehead atoms. The first-order valence-corrected chi connectivity index (χ1v) is 7.35. The van der Waals surface area contributed by atoms with Crippen molar-refractivity contribution in [2.24, 2.45) is 0 Å². The highest BCUT2D eigenvalue weighted by atomic mass is 16.3. The topological polar surface area (TPSA) is 45.5 Å². The van der Waals surface area contributed by atoms with Crippen LogP contribution in [0.3, 0.4) is 0 Å². The average molecular weight is 284 g/mol. The first-order chi connectivity index (χ1) is 10.2. The van der Waals surface area contributed by atoms with Crippen molar-refractivity contribution in [3.8, 4) is 0 Å². The average Bonchev–Trinajstić information content (AvgIpc) is 3.06. The lowest BCUT2D eigenvalue weighted by molar-refractivity contribution is 0.0932. The Kier molecular flexibility index (Phi) is 4.06. The van der Waals surface area contributed by atoms with E-state index in [2.05, 4.69) is 41.4 Å². The minimum absolute atomic E-state index is 0.0759. The number of carbonyl (C=O) groups excluding carboxylic acids is 1. The fraction of sp³-hybridized carbons (Fsp3) is 0.353. The quantitative estimate of drug-likeness (QED) is 0.938. The van der Waals surface area contributed by atoms with Gasteiger partial charge in [-0.3, -0.25) is 9.69 Å². The van der Waals surface area contributed by atoms with Gasteiger partial charge < -0.3 is 9.73 Å². The third kappa shape index (κ3) is 3.16. The van der Waals surface area contributed by atoms with Crippen LogP contribution in [0.15, 0.2) is 47.3 Å². The molecule has 110 valence electrons. The van der Waals surface area contributed by atoms with E-state index in [1.807, 2.05) is 0 Å². The summed E-state index contributed by atoms with van der Waals surface area (Å²) in [6.07, 6.45) is 4.06. The fourth-order valence-corrected chi connectivity index (χ4v) is 2.76. The molecule has 0 fully saturated rings. The molecule has 0 saturated carbocycles. The molecule has 0 radical (unpaired) electrons. The van der Waals surface area contributed by atoms with Crippen LogP contribution in [0.4, 0.5) is 0 Å². The maximum absolute atomic E-state index is 11.9. The summed E-state index contributed by atoms with van der Waals surface area (Å²) >= 11 is 0. The molecule has 0 saturated heterocycles. The number of nitrogens with one attached hydrogen (secondary N) is 1. The zero-order valence-electron chi connectivity index (χ0n) is 12.2. The zero-order chi connectivity index (χ0) is 14.7. The van der Waals surface area contributed by atoms with Gasteiger partial charge in [-0.05, 0) is 30.5 Å². The first-order valence-electron chi connectivity index (χ1n) is 7.35. The van der Waals surface area contributed by atoms with Crippen LogP contribution < -0.4 is 5.32 Å². The smallest absolute Gasteiger partial charge is 0.254 e. The number of amides is 1. The minimum atomic E-state index is -0.0759. The lowest BCUT2D eigenvalue weighted by Crippen LogP contribution is -2.44. The molecule has 1 aliphatic rings. The number of benzene rings is 1. The molecule has 0 spiro atoms. The Labute approximate surface area is 124 Å². The van der Waals surface area contributed by atoms with Crippen LogP contribution in [0.1, 0.15) is 28.4 Å². The molecule has 1 atom stereocenters. The molecule has 3 rings (SSSR count). The Morgan fingerprint density at radius 3 is 2.90 bits per heavy atom. The van der Waals surface area contributed by atoms with Gasteiger partial charge in [0.15, 0.2) is 0 Å². The van der Waals surface area contributed by atoms with Gasteiger partial charge in [0.2, 0.25) is 0 Å². The predicted octanol–water partition coefficient (Wildman–Crippen LogP) is 2.46. The summed E-state index contributed by atoms with van der Waals surface area (Å²) in [5.41, 5.74) is 3.42. The van der Waals surface area contributed by atoms with Crippen LogP contribution >= 0.6 is 0 Å². The number of hydrogen-bond acceptors (Lipinski definition) is 3. The van der Waals surface area contributed by atoms with Crippen molar-refractivity contribution < 1.29 is 9.21 Å². The Morgan fingerprint density at radius 2 is 2.14 bits per heavy atom. The van der Waals surface area contributed by atoms with E-state index < -0.39 is 0 Å². The summed E-state index contributed by atoms with van der Waals surface area (Å²) < 4.78 is 4.93. The SMILES string of the molecule is CC(CNC(=O)c1ccoc1)N1CCc2ccccc2C1. The minimum Gasteiger partial charge on any atom is -0.472 e. The van der Waals surface area contributed by atoms with Crippen LogP contribution in [0.5, 0.6) is 0 Å². The summed E-state index contributed by atoms with van der Waals surface area (Å²) in [6.45, 7) is 4.80. The van der Waals surface area contributed by atoms with Gasteiger partial charge in [-0.2, -0.15) is 0 Å². The van der Waals surface area contributed by atoms with E-state index in [1.165, 1.54) is 23.7 Å². The molecule has 4 nitrogen and oxygen atoms in total. The van der Waals surface area contributed by atoms with Crippen LogP contribution in [0.2, 0.25) is 0 Å². The van der Waals surface area contributed by atoms with Gasteiger partial charge in [0.25, 0.3) is 5.91 Å². The number of furan rings is 1. The van der Waals surface area contributed by atoms with Crippen molar-refractivity contribution in [3.63, 3.8) is 0 Å². The molecule has 4 heteroatoms. The monoisotopic (exact) mass is 284 g/mol. The molecule has 1 aliphatic heterocycles. The van der Waals surface area contributed by atoms with Gasteiger partial charge in [0.1, 0.15) is 6.26 Å². The van der Waals surface area contributed by atoms with Crippen molar-refractivity contribution in [1.82, 2.24) is 10.2 Å². The lowest BCUT2D eigenvalue weighted by atomic mass is 9.99. The van der Waals surface area contributed by atoms with E-state index in [1.54, 1.807) is 6.07 Å². The third-order valence-electron chi connectivity index (χ3n) is 4.12. The van der Waals surface area contributed by atoms with Gasteiger partial charge in [0.05, 0.1) is 11.8 Å². The Bertz CT molecular complexity index is 607. The van der Waals surface area contributed by atoms with Gasteiger partial charge in [-0.1, -0.05) is 24.3 Å². The van der Waals surface area contributed by atoms with E-state index in [0.29, 0.717) is 18.2 Å². The molecule has 2 heterocycles. The van der Waals surface area contributed by atoms with Crippen molar-refractivity contribution in [3.05, 3.63) is 59.5 Å². The zero-order valence-corrected chi connectivity index (χ0v) is 12.2. The predicted molar refractivity (Wildman–Crippen MR) is 81.1 cm³/mol. The summed E-state index contributed by atoms with van der Waals surface area (Å²) in [5.74, 6) is -0.0759. The standard InChI is InChI=1S/C17H20N2O2/c1-13(10-18-17(20)16-7-9-21-12-16)19-8-6-14-4-2-3-5-15(14)11-19/h2-5,7,9,12-13H,6,8,10-11H2,1H3,(H,18,20). The molecular weight excluding hydrogens is 264 g/mol. The first kappa shape index (κ1) is 13.9. The van der Waals surface area contributed by atoms with Crippen LogP contribution in [0.25, 0.3) is 0 Å². The number of carbonyl (C=O) groups is 1. The van der Waals surface area contributed by atoms with Crippen LogP contribution in [0, 0.1) is 0 Å². The molecule has 0 aliphatic carbocycles. The molecule has 2 aromatic rings. The van der Waals surface area contributed by atoms with E-state index in [0.717, 1.165) is 19.5 Å². The summed E-state index contributed by atoms with van der Waals surface area (Å²) in [7, 11) is 0. The summed E-state index contributed by atoms with van der Waals surface area (Å²) in [5, 5.41) is 2.97. The number of rotatable bonds is 4. The Hall–Kier alpha value is -2.07. The Morgan fingerprint density at radius 1 is 1.33 bits per heavy atom. The molecule has 21 heavy (non-hydrogen) atoms. The van der Waals surface area contributed by atoms with E-state index in [-0.39, 0.29) is 5.91 Å². The van der Waals surface area contributed by atoms with Crippen LogP contribution in [-0.2, 0) is 13.0 Å². The normalized spacial score (nSPS) is 16.2. The highest BCUT2D eigenvalue weighted by molar-refractivity contribution is 5.93. The van der Waals surface area contributed by atoms with E-state index >= 15 is 0 Å². The van der Waals surface area contributed by atoms with E-state index in [9.17, 15) is 4.79 Å². The van der Waals surface area contributed by atoms with Crippen molar-refractivity contribution in [2.45, 2.75) is 25.9 Å². The van der Waals surface area contributed by atoms with Crippen molar-refractivity contribution in [2.75, 3.05) is 13.1 Å². The molecule has 1 aromatic carbocycles. The summed E-state index contributed by atoms with van der Waals surface area (Å²) in [6, 6.07) is 10.6. The number of nitrogens with zero attached hydrogens (tertiary/aromatic N) is 1. The van der Waals surface area contributed by atoms with Gasteiger partial charge in [-0.25, -0.2) is 0 Å². The molecular formula is C17H20N2O2. The second kappa shape index (κ2) is 6.14. The lowest BCUT2D eigenvalue weighted by Gasteiger charge is -2.33. The maximum atomic E-state index is 11.9. The molecule has 1 aromatic heterocycles. The summed E-state index contributed by atoms with van der Waals surface area (Å²) in [4.78, 5) is 14.3. The third-order valence-corrected chi connectivity index (χ3v) is 4.12. The van der Waals surface area contributed by atoms with Gasteiger partial charge >= 0.3 is 0 Å². The van der Waals surface area contributed by atoms with Gasteiger partial charge in [-0.15, -0.1) is 0 Å². The fourth-order valence-electron chi connectivity index (χ4n) is 2.76. The molecule has 1 unspecified atom stereocenters. The van der Waals surface area contributed by atoms with E-state index in [4.69, 9.17) is 4.42 Å². The number of hydrogen-bond donors (Lipinski definition) is 1. The van der Waals surface area contributed by atoms with Crippen molar-refractivity contribution >= 4 is 5.91 Å². The van der Waals surface area contributed by atoms with Crippen LogP contribution in [-0.4, -0.2) is 29.9 Å². The maximum Gasteiger partial charge on any atom is 0.254 e. The van der Waals surface area contributed by atoms with Gasteiger partial charge in [0, 0.05) is 25.7 Å². The second-order valence-electron chi connectivity index (χ2n) is 5.56. The molecule has 1 amide bonds. The largest absolute Gasteiger partial charge is 0.472 e.